The summed E-state index contributed by atoms with van der Waals surface area (Å²) in [7, 11) is 0. The molecule has 1 fully saturated rings. The van der Waals surface area contributed by atoms with Crippen molar-refractivity contribution in [2.24, 2.45) is 5.92 Å². The second-order valence-electron chi connectivity index (χ2n) is 3.58. The fourth-order valence-electron chi connectivity index (χ4n) is 1.64. The van der Waals surface area contributed by atoms with E-state index in [2.05, 4.69) is 6.92 Å². The van der Waals surface area contributed by atoms with Crippen molar-refractivity contribution in [3.05, 3.63) is 0 Å². The Hall–Kier alpha value is -0.610. The monoisotopic (exact) mass is 173 g/mol. The van der Waals surface area contributed by atoms with E-state index in [0.717, 1.165) is 13.1 Å². The maximum atomic E-state index is 10.7. The number of aliphatic hydroxyl groups is 1. The summed E-state index contributed by atoms with van der Waals surface area (Å²) in [6.45, 7) is 5.14. The Morgan fingerprint density at radius 2 is 2.08 bits per heavy atom. The number of aliphatic hydroxyl groups excluding tert-OH is 1. The van der Waals surface area contributed by atoms with Gasteiger partial charge in [-0.05, 0) is 12.8 Å². The Morgan fingerprint density at radius 1 is 1.58 bits per heavy atom. The molecule has 2 N–H and O–H groups in total. The van der Waals surface area contributed by atoms with Crippen LogP contribution in [0, 0.1) is 5.92 Å². The van der Waals surface area contributed by atoms with Crippen molar-refractivity contribution in [1.82, 2.24) is 4.90 Å². The molecule has 0 aliphatic carbocycles. The Labute approximate surface area is 71.8 Å². The average Bonchev–Trinajstić information content (AvgIpc) is 1.82. The highest BCUT2D eigenvalue weighted by Crippen LogP contribution is 2.19. The van der Waals surface area contributed by atoms with Gasteiger partial charge in [0.05, 0.1) is 6.10 Å². The normalized spacial score (nSPS) is 24.6. The second-order valence-corrected chi connectivity index (χ2v) is 3.58. The molecular formula is C8H15NO3. The molecule has 0 aromatic rings. The number of carboxylic acids is 1. The molecule has 0 spiro atoms. The van der Waals surface area contributed by atoms with Crippen molar-refractivity contribution in [1.29, 1.82) is 0 Å². The summed E-state index contributed by atoms with van der Waals surface area (Å²) < 4.78 is 0. The van der Waals surface area contributed by atoms with Gasteiger partial charge in [-0.3, -0.25) is 9.69 Å². The standard InChI is InChI=1S/C8H15NO3/c1-5-3-9(4-5)7(6(2)10)8(11)12/h5-7,10H,3-4H2,1-2H3,(H,11,12). The summed E-state index contributed by atoms with van der Waals surface area (Å²) in [5.74, 6) is -0.373. The van der Waals surface area contributed by atoms with Gasteiger partial charge in [-0.1, -0.05) is 6.92 Å². The zero-order valence-corrected chi connectivity index (χ0v) is 7.40. The summed E-state index contributed by atoms with van der Waals surface area (Å²) in [6, 6.07) is -0.721. The molecule has 0 saturated carbocycles. The van der Waals surface area contributed by atoms with Gasteiger partial charge in [0, 0.05) is 13.1 Å². The molecule has 4 nitrogen and oxygen atoms in total. The zero-order chi connectivity index (χ0) is 9.30. The number of rotatable bonds is 3. The van der Waals surface area contributed by atoms with E-state index in [0.29, 0.717) is 5.92 Å². The van der Waals surface area contributed by atoms with E-state index in [1.54, 1.807) is 4.90 Å². The number of carboxylic acid groups (broad SMARTS) is 1. The van der Waals surface area contributed by atoms with Crippen LogP contribution >= 0.6 is 0 Å². The first kappa shape index (κ1) is 9.48. The van der Waals surface area contributed by atoms with Crippen molar-refractivity contribution in [3.8, 4) is 0 Å². The van der Waals surface area contributed by atoms with Crippen LogP contribution in [0.3, 0.4) is 0 Å². The van der Waals surface area contributed by atoms with Crippen LogP contribution in [0.5, 0.6) is 0 Å². The van der Waals surface area contributed by atoms with Crippen LogP contribution in [-0.4, -0.2) is 46.3 Å². The second kappa shape index (κ2) is 3.41. The number of likely N-dealkylation sites (tertiary alicyclic amines) is 1. The number of hydrogen-bond acceptors (Lipinski definition) is 3. The molecular weight excluding hydrogens is 158 g/mol. The van der Waals surface area contributed by atoms with E-state index in [1.807, 2.05) is 0 Å². The van der Waals surface area contributed by atoms with Gasteiger partial charge in [0.1, 0.15) is 6.04 Å². The van der Waals surface area contributed by atoms with E-state index in [9.17, 15) is 9.90 Å². The Bertz CT molecular complexity index is 175. The number of carbonyl (C=O) groups is 1. The summed E-state index contributed by atoms with van der Waals surface area (Å²) in [6.07, 6.45) is -0.796. The minimum Gasteiger partial charge on any atom is -0.480 e. The quantitative estimate of drug-likeness (QED) is 0.619. The first-order chi connectivity index (χ1) is 5.52. The molecule has 0 aromatic heterocycles. The van der Waals surface area contributed by atoms with Gasteiger partial charge < -0.3 is 10.2 Å². The van der Waals surface area contributed by atoms with Crippen LogP contribution in [0.1, 0.15) is 13.8 Å². The van der Waals surface area contributed by atoms with Gasteiger partial charge in [-0.2, -0.15) is 0 Å². The molecule has 12 heavy (non-hydrogen) atoms. The van der Waals surface area contributed by atoms with Crippen molar-refractivity contribution in [2.75, 3.05) is 13.1 Å². The molecule has 2 atom stereocenters. The topological polar surface area (TPSA) is 60.8 Å². The van der Waals surface area contributed by atoms with Crippen molar-refractivity contribution < 1.29 is 15.0 Å². The van der Waals surface area contributed by atoms with Crippen LogP contribution in [-0.2, 0) is 4.79 Å². The van der Waals surface area contributed by atoms with Crippen LogP contribution < -0.4 is 0 Å². The first-order valence-electron chi connectivity index (χ1n) is 4.17. The minimum atomic E-state index is -0.933. The Morgan fingerprint density at radius 3 is 2.33 bits per heavy atom. The fraction of sp³-hybridized carbons (Fsp3) is 0.875. The molecule has 0 amide bonds. The third kappa shape index (κ3) is 1.76. The molecule has 1 aliphatic rings. The number of hydrogen-bond donors (Lipinski definition) is 2. The summed E-state index contributed by atoms with van der Waals surface area (Å²) >= 11 is 0. The Balaban J connectivity index is 2.50. The van der Waals surface area contributed by atoms with E-state index in [-0.39, 0.29) is 0 Å². The zero-order valence-electron chi connectivity index (χ0n) is 7.40. The summed E-state index contributed by atoms with van der Waals surface area (Å²) in [4.78, 5) is 12.5. The van der Waals surface area contributed by atoms with Crippen molar-refractivity contribution in [3.63, 3.8) is 0 Å². The van der Waals surface area contributed by atoms with E-state index < -0.39 is 18.1 Å². The predicted octanol–water partition coefficient (Wildman–Crippen LogP) is -0.228. The fourth-order valence-corrected chi connectivity index (χ4v) is 1.64. The van der Waals surface area contributed by atoms with Gasteiger partial charge >= 0.3 is 5.97 Å². The third-order valence-electron chi connectivity index (χ3n) is 2.20. The lowest BCUT2D eigenvalue weighted by Gasteiger charge is -2.42. The molecule has 70 valence electrons. The van der Waals surface area contributed by atoms with E-state index in [4.69, 9.17) is 5.11 Å². The summed E-state index contributed by atoms with van der Waals surface area (Å²) in [5.41, 5.74) is 0. The molecule has 4 heteroatoms. The van der Waals surface area contributed by atoms with Crippen LogP contribution in [0.4, 0.5) is 0 Å². The average molecular weight is 173 g/mol. The van der Waals surface area contributed by atoms with Gasteiger partial charge in [-0.25, -0.2) is 0 Å². The predicted molar refractivity (Wildman–Crippen MR) is 43.8 cm³/mol. The first-order valence-corrected chi connectivity index (χ1v) is 4.17. The van der Waals surface area contributed by atoms with Gasteiger partial charge in [0.15, 0.2) is 0 Å². The Kier molecular flexibility index (Phi) is 2.69. The maximum Gasteiger partial charge on any atom is 0.323 e. The minimum absolute atomic E-state index is 0.561. The smallest absolute Gasteiger partial charge is 0.323 e. The number of aliphatic carboxylic acids is 1. The van der Waals surface area contributed by atoms with Crippen LogP contribution in [0.2, 0.25) is 0 Å². The number of nitrogens with zero attached hydrogens (tertiary/aromatic N) is 1. The van der Waals surface area contributed by atoms with Crippen LogP contribution in [0.25, 0.3) is 0 Å². The lowest BCUT2D eigenvalue weighted by molar-refractivity contribution is -0.151. The highest BCUT2D eigenvalue weighted by molar-refractivity contribution is 5.74. The van der Waals surface area contributed by atoms with Crippen LogP contribution in [0.15, 0.2) is 0 Å². The molecule has 1 saturated heterocycles. The molecule has 0 aromatic carbocycles. The van der Waals surface area contributed by atoms with E-state index >= 15 is 0 Å². The lowest BCUT2D eigenvalue weighted by Crippen LogP contribution is -2.57. The largest absolute Gasteiger partial charge is 0.480 e. The maximum absolute atomic E-state index is 10.7. The van der Waals surface area contributed by atoms with Gasteiger partial charge in [-0.15, -0.1) is 0 Å². The highest BCUT2D eigenvalue weighted by atomic mass is 16.4. The molecule has 2 unspecified atom stereocenters. The molecule has 1 aliphatic heterocycles. The SMILES string of the molecule is CC1CN(C(C(=O)O)C(C)O)C1. The lowest BCUT2D eigenvalue weighted by atomic mass is 9.98. The molecule has 0 bridgehead atoms. The van der Waals surface area contributed by atoms with Crippen molar-refractivity contribution >= 4 is 5.97 Å². The summed E-state index contributed by atoms with van der Waals surface area (Å²) in [5, 5.41) is 17.9. The van der Waals surface area contributed by atoms with Gasteiger partial charge in [0.25, 0.3) is 0 Å². The molecule has 1 rings (SSSR count). The van der Waals surface area contributed by atoms with Crippen molar-refractivity contribution in [2.45, 2.75) is 26.0 Å². The van der Waals surface area contributed by atoms with E-state index in [1.165, 1.54) is 6.92 Å². The van der Waals surface area contributed by atoms with Gasteiger partial charge in [0.2, 0.25) is 0 Å². The molecule has 0 radical (unpaired) electrons. The highest BCUT2D eigenvalue weighted by Gasteiger charge is 2.36. The third-order valence-corrected chi connectivity index (χ3v) is 2.20. The molecule has 1 heterocycles.